The van der Waals surface area contributed by atoms with Crippen LogP contribution in [0.25, 0.3) is 38.7 Å². The van der Waals surface area contributed by atoms with Gasteiger partial charge >= 0.3 is 0 Å². The van der Waals surface area contributed by atoms with E-state index in [2.05, 4.69) is 45.9 Å². The number of Topliss-reactive ketones (excluding diaryl/α,β-unsaturated/α-hetero) is 1. The zero-order valence-electron chi connectivity index (χ0n) is 32.3. The van der Waals surface area contributed by atoms with Gasteiger partial charge in [0.05, 0.1) is 50.7 Å². The lowest BCUT2D eigenvalue weighted by Gasteiger charge is -2.17. The Labute approximate surface area is 361 Å². The smallest absolute Gasteiger partial charge is 0.292 e. The van der Waals surface area contributed by atoms with Crippen LogP contribution < -0.4 is 35.5 Å². The van der Waals surface area contributed by atoms with Gasteiger partial charge in [-0.05, 0) is 55.0 Å². The monoisotopic (exact) mass is 891 g/mol. The van der Waals surface area contributed by atoms with Crippen LogP contribution in [0.3, 0.4) is 0 Å². The number of nitrogens with zero attached hydrogens (tertiary/aromatic N) is 8. The summed E-state index contributed by atoms with van der Waals surface area (Å²) in [5, 5.41) is 11.5. The van der Waals surface area contributed by atoms with E-state index >= 15 is 0 Å². The first-order valence-electron chi connectivity index (χ1n) is 17.4. The maximum absolute atomic E-state index is 11.1. The number of anilines is 2. The Hall–Kier alpha value is -6.37. The van der Waals surface area contributed by atoms with E-state index in [-0.39, 0.29) is 21.9 Å². The van der Waals surface area contributed by atoms with E-state index < -0.39 is 11.7 Å². The van der Waals surface area contributed by atoms with Crippen molar-refractivity contribution in [2.45, 2.75) is 13.3 Å². The SMILES string of the molecule is COc1cccc2c1NC(=O)C(=O)C2.COc1cccc2c1nc(Cl)c1nnc(C)n12.COc1cccc2nc(Cl)c(Cl)nc12.COc1cccc2nc(NN)c(Cl)nc12. The zero-order valence-corrected chi connectivity index (χ0v) is 35.3. The van der Waals surface area contributed by atoms with Crippen molar-refractivity contribution in [1.82, 2.24) is 39.5 Å². The summed E-state index contributed by atoms with van der Waals surface area (Å²) in [4.78, 5) is 43.0. The second-order valence-electron chi connectivity index (χ2n) is 12.2. The average molecular weight is 894 g/mol. The molecule has 0 bridgehead atoms. The Bertz CT molecular complexity index is 2900. The molecule has 17 nitrogen and oxygen atoms in total. The Balaban J connectivity index is 0.000000135. The molecule has 0 aliphatic carbocycles. The number of para-hydroxylation sites is 4. The van der Waals surface area contributed by atoms with Gasteiger partial charge in [-0.25, -0.2) is 30.8 Å². The van der Waals surface area contributed by atoms with E-state index in [4.69, 9.17) is 71.2 Å². The van der Waals surface area contributed by atoms with Crippen LogP contribution in [0.15, 0.2) is 72.8 Å². The van der Waals surface area contributed by atoms with Crippen molar-refractivity contribution in [3.63, 3.8) is 0 Å². The Morgan fingerprint density at radius 2 is 1.15 bits per heavy atom. The summed E-state index contributed by atoms with van der Waals surface area (Å²) in [6.45, 7) is 1.87. The van der Waals surface area contributed by atoms with Gasteiger partial charge < -0.3 is 29.7 Å². The second-order valence-corrected chi connectivity index (χ2v) is 13.6. The normalized spacial score (nSPS) is 11.6. The number of benzene rings is 4. The van der Waals surface area contributed by atoms with Crippen LogP contribution in [0.1, 0.15) is 11.4 Å². The summed E-state index contributed by atoms with van der Waals surface area (Å²) in [6, 6.07) is 21.9. The highest BCUT2D eigenvalue weighted by Gasteiger charge is 2.25. The topological polar surface area (TPSA) is 216 Å². The number of nitrogens with two attached hydrogens (primary N) is 1. The van der Waals surface area contributed by atoms with Gasteiger partial charge in [-0.3, -0.25) is 14.0 Å². The molecule has 1 aliphatic heterocycles. The molecule has 0 saturated heterocycles. The second kappa shape index (κ2) is 19.1. The van der Waals surface area contributed by atoms with Crippen molar-refractivity contribution in [3.05, 3.63) is 105 Å². The molecule has 0 fully saturated rings. The van der Waals surface area contributed by atoms with Crippen molar-refractivity contribution < 1.29 is 28.5 Å². The molecule has 5 heterocycles. The first-order valence-corrected chi connectivity index (χ1v) is 18.9. The fourth-order valence-electron chi connectivity index (χ4n) is 5.83. The Kier molecular flexibility index (Phi) is 13.8. The number of methoxy groups -OCH3 is 4. The molecule has 0 radical (unpaired) electrons. The van der Waals surface area contributed by atoms with Gasteiger partial charge in [0.2, 0.25) is 5.78 Å². The number of hydrazine groups is 1. The number of carbonyl (C=O) groups excluding carboxylic acids is 2. The lowest BCUT2D eigenvalue weighted by Crippen LogP contribution is -2.30. The first-order chi connectivity index (χ1) is 28.9. The molecule has 0 spiro atoms. The van der Waals surface area contributed by atoms with Gasteiger partial charge in [0.15, 0.2) is 32.1 Å². The quantitative estimate of drug-likeness (QED) is 0.0865. The maximum atomic E-state index is 11.1. The standard InChI is InChI=1S/C11H9ClN4O.C10H9NO3.C9H6Cl2N2O.C9H9ClN4O/c1-6-14-15-11-10(12)13-9-7(16(6)11)4-3-5-8(9)17-2;1-14-8-4-2-3-6-5-7(12)10(13)11-9(6)8;1-14-6-4-2-3-5-7(6)13-9(11)8(10)12-5;1-15-6-4-2-3-5-7(6)13-8(10)9(12-5)14-11/h3-5H,1-2H3;2-4H,5H2,1H3,(H,11,13);2-4H,1H3;2-4H,11H2,1H3,(H,12,14). The van der Waals surface area contributed by atoms with E-state index in [0.717, 1.165) is 16.9 Å². The molecular weight excluding hydrogens is 860 g/mol. The number of ether oxygens (including phenoxy) is 4. The fourth-order valence-corrected chi connectivity index (χ4v) is 6.48. The number of carbonyl (C=O) groups is 2. The number of aryl methyl sites for hydroxylation is 1. The highest BCUT2D eigenvalue weighted by molar-refractivity contribution is 6.43. The van der Waals surface area contributed by atoms with Gasteiger partial charge in [0, 0.05) is 6.42 Å². The number of nitrogens with one attached hydrogen (secondary N) is 2. The predicted molar refractivity (Wildman–Crippen MR) is 230 cm³/mol. The van der Waals surface area contributed by atoms with E-state index in [1.807, 2.05) is 47.7 Å². The number of fused-ring (bicyclic) bond motifs is 6. The minimum atomic E-state index is -0.568. The van der Waals surface area contributed by atoms with Crippen molar-refractivity contribution in [2.75, 3.05) is 39.2 Å². The van der Waals surface area contributed by atoms with Crippen LogP contribution in [0.5, 0.6) is 23.0 Å². The Morgan fingerprint density at radius 3 is 1.77 bits per heavy atom. The van der Waals surface area contributed by atoms with Crippen molar-refractivity contribution in [1.29, 1.82) is 0 Å². The summed E-state index contributed by atoms with van der Waals surface area (Å²) in [5.74, 6) is 7.91. The molecule has 60 heavy (non-hydrogen) atoms. The van der Waals surface area contributed by atoms with Crippen LogP contribution in [-0.4, -0.2) is 79.6 Å². The van der Waals surface area contributed by atoms with Crippen molar-refractivity contribution in [3.8, 4) is 23.0 Å². The molecule has 4 N–H and O–H groups in total. The first kappa shape index (κ1) is 43.2. The molecule has 4 aromatic heterocycles. The van der Waals surface area contributed by atoms with E-state index in [1.54, 1.807) is 57.7 Å². The molecule has 8 aromatic rings. The molecule has 4 aromatic carbocycles. The third kappa shape index (κ3) is 9.10. The van der Waals surface area contributed by atoms with Crippen LogP contribution >= 0.6 is 46.4 Å². The maximum Gasteiger partial charge on any atom is 0.292 e. The van der Waals surface area contributed by atoms with Crippen LogP contribution in [0, 0.1) is 6.92 Å². The van der Waals surface area contributed by atoms with E-state index in [1.165, 1.54) is 7.11 Å². The lowest BCUT2D eigenvalue weighted by atomic mass is 10.0. The molecule has 21 heteroatoms. The van der Waals surface area contributed by atoms with Crippen LogP contribution in [0.2, 0.25) is 20.6 Å². The van der Waals surface area contributed by atoms with Crippen LogP contribution in [-0.2, 0) is 16.0 Å². The highest BCUT2D eigenvalue weighted by Crippen LogP contribution is 2.32. The molecule has 0 atom stereocenters. The van der Waals surface area contributed by atoms with Gasteiger partial charge in [-0.2, -0.15) is 0 Å². The molecule has 308 valence electrons. The van der Waals surface area contributed by atoms with Crippen molar-refractivity contribution >= 4 is 108 Å². The number of aromatic nitrogens is 8. The van der Waals surface area contributed by atoms with Gasteiger partial charge in [0.25, 0.3) is 5.91 Å². The molecule has 0 saturated carbocycles. The number of rotatable bonds is 5. The largest absolute Gasteiger partial charge is 0.495 e. The summed E-state index contributed by atoms with van der Waals surface area (Å²) < 4.78 is 22.5. The van der Waals surface area contributed by atoms with Crippen LogP contribution in [0.4, 0.5) is 11.5 Å². The highest BCUT2D eigenvalue weighted by atomic mass is 35.5. The number of halogens is 4. The summed E-state index contributed by atoms with van der Waals surface area (Å²) in [5.41, 5.74) is 8.50. The molecule has 9 rings (SSSR count). The molecule has 0 unspecified atom stereocenters. The number of nitrogen functional groups attached to an aromatic ring is 1. The fraction of sp³-hybridized carbons (Fsp3) is 0.154. The molecular formula is C39H33Cl4N11O6. The third-order valence-corrected chi connectivity index (χ3v) is 9.74. The van der Waals surface area contributed by atoms with E-state index in [9.17, 15) is 9.59 Å². The number of hydrogen-bond donors (Lipinski definition) is 3. The van der Waals surface area contributed by atoms with Gasteiger partial charge in [-0.15, -0.1) is 10.2 Å². The minimum absolute atomic E-state index is 0.151. The van der Waals surface area contributed by atoms with E-state index in [0.29, 0.717) is 72.9 Å². The summed E-state index contributed by atoms with van der Waals surface area (Å²) >= 11 is 23.4. The minimum Gasteiger partial charge on any atom is -0.495 e. The molecule has 1 amide bonds. The zero-order chi connectivity index (χ0) is 43.1. The Morgan fingerprint density at radius 1 is 0.633 bits per heavy atom. The number of hydrogen-bond acceptors (Lipinski definition) is 15. The molecule has 1 aliphatic rings. The average Bonchev–Trinajstić information content (AvgIpc) is 3.66. The summed E-state index contributed by atoms with van der Waals surface area (Å²) in [6.07, 6.45) is 0.151. The number of ketones is 1. The lowest BCUT2D eigenvalue weighted by molar-refractivity contribution is -0.134. The number of amides is 1. The van der Waals surface area contributed by atoms with Crippen molar-refractivity contribution in [2.24, 2.45) is 5.84 Å². The third-order valence-electron chi connectivity index (χ3n) is 8.60. The van der Waals surface area contributed by atoms with Gasteiger partial charge in [0.1, 0.15) is 45.4 Å². The summed E-state index contributed by atoms with van der Waals surface area (Å²) in [7, 11) is 6.27. The van der Waals surface area contributed by atoms with Gasteiger partial charge in [-0.1, -0.05) is 76.7 Å². The predicted octanol–water partition coefficient (Wildman–Crippen LogP) is 7.53.